The highest BCUT2D eigenvalue weighted by Crippen LogP contribution is 2.44. The maximum Gasteiger partial charge on any atom is 0.312 e. The summed E-state index contributed by atoms with van der Waals surface area (Å²) in [5.74, 6) is 7.40. The van der Waals surface area contributed by atoms with Crippen LogP contribution in [0.15, 0.2) is 176 Å². The van der Waals surface area contributed by atoms with Crippen LogP contribution in [0, 0.1) is 27.7 Å². The first-order valence-electron chi connectivity index (χ1n) is 21.9. The van der Waals surface area contributed by atoms with Crippen molar-refractivity contribution in [2.75, 3.05) is 29.5 Å². The van der Waals surface area contributed by atoms with Crippen LogP contribution in [0.1, 0.15) is 35.1 Å². The molecule has 3 N–H and O–H groups in total. The quantitative estimate of drug-likeness (QED) is 0.0225. The van der Waals surface area contributed by atoms with E-state index < -0.39 is 20.2 Å². The molecule has 0 unspecified atom stereocenters. The van der Waals surface area contributed by atoms with Crippen molar-refractivity contribution in [3.8, 4) is 22.5 Å². The van der Waals surface area contributed by atoms with Gasteiger partial charge in [-0.2, -0.15) is 31.6 Å². The number of rotatable bonds is 17. The number of benzene rings is 7. The number of nitrogens with zero attached hydrogens (tertiary/aromatic N) is 2. The van der Waals surface area contributed by atoms with Gasteiger partial charge in [0.2, 0.25) is 11.0 Å². The predicted molar refractivity (Wildman–Crippen MR) is 273 cm³/mol. The lowest BCUT2D eigenvalue weighted by Crippen LogP contribution is -2.28. The Morgan fingerprint density at radius 2 is 1.27 bits per heavy atom. The zero-order chi connectivity index (χ0) is 47.3. The Morgan fingerprint density at radius 1 is 0.657 bits per heavy atom. The molecular formula is C53H52N3O7S4+. The summed E-state index contributed by atoms with van der Waals surface area (Å²) in [6, 6.07) is 48.3. The maximum atomic E-state index is 13.0. The third kappa shape index (κ3) is 10.7. The summed E-state index contributed by atoms with van der Waals surface area (Å²) >= 11 is 3.58. The van der Waals surface area contributed by atoms with Gasteiger partial charge in [-0.15, -0.1) is 23.5 Å². The molecular weight excluding hydrogens is 919 g/mol. The Bertz CT molecular complexity index is 3300. The van der Waals surface area contributed by atoms with E-state index in [0.717, 1.165) is 69.3 Å². The van der Waals surface area contributed by atoms with Crippen LogP contribution in [-0.2, 0) is 24.5 Å². The second kappa shape index (κ2) is 20.7. The number of anilines is 2. The van der Waals surface area contributed by atoms with Gasteiger partial charge in [0.15, 0.2) is 0 Å². The number of hydrogen-bond acceptors (Lipinski definition) is 10. The van der Waals surface area contributed by atoms with Crippen molar-refractivity contribution in [2.24, 2.45) is 5.90 Å². The van der Waals surface area contributed by atoms with Gasteiger partial charge in [0.25, 0.3) is 10.1 Å². The SMILES string of the molecule is Cc1cccc(C)c1N(CCCSc1ccccc1)c1ccc2c(-c3ccccc3S(=O)(=O)O)c3ccc(=[N+](CCCSc4ccccc4)c4c(C)cc(S(=O)(=O)ON)cc4C)cc-3oc2c1. The van der Waals surface area contributed by atoms with Crippen molar-refractivity contribution >= 4 is 71.8 Å². The molecule has 344 valence electrons. The minimum absolute atomic E-state index is 0.0452. The number of para-hydroxylation sites is 1. The number of fused-ring (bicyclic) bond motifs is 2. The van der Waals surface area contributed by atoms with Gasteiger partial charge >= 0.3 is 10.1 Å². The largest absolute Gasteiger partial charge is 0.456 e. The summed E-state index contributed by atoms with van der Waals surface area (Å²) in [6.45, 7) is 9.24. The minimum Gasteiger partial charge on any atom is -0.456 e. The minimum atomic E-state index is -4.65. The molecule has 1 aliphatic heterocycles. The molecule has 2 aliphatic rings. The summed E-state index contributed by atoms with van der Waals surface area (Å²) in [7, 11) is -8.82. The monoisotopic (exact) mass is 970 g/mol. The average Bonchev–Trinajstić information content (AvgIpc) is 3.32. The van der Waals surface area contributed by atoms with Crippen molar-refractivity contribution in [1.82, 2.24) is 4.58 Å². The van der Waals surface area contributed by atoms with Gasteiger partial charge in [-0.1, -0.05) is 72.8 Å². The van der Waals surface area contributed by atoms with Gasteiger partial charge < -0.3 is 9.32 Å². The second-order valence-corrected chi connectivity index (χ2v) is 21.6. The number of thioether (sulfide) groups is 2. The van der Waals surface area contributed by atoms with Crippen LogP contribution < -0.4 is 20.7 Å². The fourth-order valence-electron chi connectivity index (χ4n) is 8.76. The summed E-state index contributed by atoms with van der Waals surface area (Å²) in [5, 5.41) is 1.44. The van der Waals surface area contributed by atoms with Crippen molar-refractivity contribution in [3.05, 3.63) is 179 Å². The van der Waals surface area contributed by atoms with E-state index in [-0.39, 0.29) is 9.79 Å². The molecule has 0 radical (unpaired) electrons. The highest BCUT2D eigenvalue weighted by Gasteiger charge is 2.27. The number of hydrogen-bond donors (Lipinski definition) is 2. The molecule has 0 atom stereocenters. The van der Waals surface area contributed by atoms with Crippen LogP contribution in [0.4, 0.5) is 17.1 Å². The van der Waals surface area contributed by atoms with E-state index in [9.17, 15) is 21.4 Å². The predicted octanol–water partition coefficient (Wildman–Crippen LogP) is 11.9. The van der Waals surface area contributed by atoms with Crippen molar-refractivity contribution < 1.29 is 30.1 Å². The van der Waals surface area contributed by atoms with Gasteiger partial charge in [0, 0.05) is 85.2 Å². The molecule has 10 nitrogen and oxygen atoms in total. The van der Waals surface area contributed by atoms with Gasteiger partial charge in [0.1, 0.15) is 22.8 Å². The fourth-order valence-corrected chi connectivity index (χ4v) is 11.9. The van der Waals surface area contributed by atoms with Gasteiger partial charge in [0.05, 0.1) is 11.0 Å². The average molecular weight is 971 g/mol. The van der Waals surface area contributed by atoms with E-state index in [1.165, 1.54) is 11.0 Å². The molecule has 0 spiro atoms. The topological polar surface area (TPSA) is 143 Å². The lowest BCUT2D eigenvalue weighted by molar-refractivity contribution is 0.333. The lowest BCUT2D eigenvalue weighted by Gasteiger charge is -2.29. The Labute approximate surface area is 401 Å². The van der Waals surface area contributed by atoms with Crippen LogP contribution in [0.5, 0.6) is 0 Å². The molecule has 0 bridgehead atoms. The number of aryl methyl sites for hydroxylation is 4. The first kappa shape index (κ1) is 47.8. The van der Waals surface area contributed by atoms with E-state index in [0.29, 0.717) is 51.1 Å². The van der Waals surface area contributed by atoms with Crippen molar-refractivity contribution in [2.45, 2.75) is 60.1 Å². The summed E-state index contributed by atoms with van der Waals surface area (Å²) < 4.78 is 75.7. The van der Waals surface area contributed by atoms with E-state index in [1.54, 1.807) is 42.1 Å². The summed E-state index contributed by atoms with van der Waals surface area (Å²) in [4.78, 5) is 4.45. The smallest absolute Gasteiger partial charge is 0.312 e. The molecule has 0 amide bonds. The first-order valence-corrected chi connectivity index (χ1v) is 26.7. The Kier molecular flexibility index (Phi) is 14.7. The fraction of sp³-hybridized carbons (Fsp3) is 0.189. The standard InChI is InChI=1S/C53H51N3O7S4/c1-36-16-13-17-37(2)52(36)55(28-14-30-64-42-18-7-5-8-19-42)40-24-26-45-48(34-40)62-49-35-41(25-27-46(49)51(45)47-22-11-12-23-50(47)66(57,58)59)56(29-15-31-65-43-20-9-6-10-21-43)53-38(3)32-44(33-39(53)4)67(60,61)63-54/h5-13,16-27,32-35H,14-15,28-31,54H2,1-4H3/p+1. The molecule has 1 aliphatic carbocycles. The van der Waals surface area contributed by atoms with Crippen molar-refractivity contribution in [3.63, 3.8) is 0 Å². The van der Waals surface area contributed by atoms with Gasteiger partial charge in [-0.25, -0.2) is 0 Å². The van der Waals surface area contributed by atoms with Crippen LogP contribution in [0.25, 0.3) is 33.4 Å². The zero-order valence-electron chi connectivity index (χ0n) is 37.7. The molecule has 0 aromatic heterocycles. The Hall–Kier alpha value is -5.71. The highest BCUT2D eigenvalue weighted by atomic mass is 32.2. The van der Waals surface area contributed by atoms with Crippen LogP contribution in [0.2, 0.25) is 0 Å². The molecule has 1 heterocycles. The van der Waals surface area contributed by atoms with Gasteiger partial charge in [-0.3, -0.25) is 4.55 Å². The van der Waals surface area contributed by atoms with Crippen LogP contribution >= 0.6 is 23.5 Å². The zero-order valence-corrected chi connectivity index (χ0v) is 40.9. The van der Waals surface area contributed by atoms with Crippen molar-refractivity contribution in [1.29, 1.82) is 0 Å². The van der Waals surface area contributed by atoms with E-state index in [4.69, 9.17) is 10.3 Å². The van der Waals surface area contributed by atoms with Gasteiger partial charge in [-0.05, 0) is 112 Å². The molecule has 0 saturated heterocycles. The number of nitrogens with two attached hydrogens (primary N) is 1. The highest BCUT2D eigenvalue weighted by molar-refractivity contribution is 7.99. The maximum absolute atomic E-state index is 13.0. The van der Waals surface area contributed by atoms with E-state index >= 15 is 0 Å². The van der Waals surface area contributed by atoms with E-state index in [1.807, 2.05) is 86.3 Å². The normalized spacial score (nSPS) is 12.4. The Balaban J connectivity index is 1.33. The lowest BCUT2D eigenvalue weighted by atomic mass is 9.93. The third-order valence-corrected chi connectivity index (χ3v) is 15.9. The van der Waals surface area contributed by atoms with Crippen LogP contribution in [-0.4, -0.2) is 46.0 Å². The molecule has 0 saturated carbocycles. The second-order valence-electron chi connectivity index (χ2n) is 16.3. The summed E-state index contributed by atoms with van der Waals surface area (Å²) in [5.41, 5.74) is 8.57. The van der Waals surface area contributed by atoms with E-state index in [2.05, 4.69) is 82.2 Å². The Morgan fingerprint density at radius 3 is 1.90 bits per heavy atom. The molecule has 8 rings (SSSR count). The van der Waals surface area contributed by atoms with Crippen LogP contribution in [0.3, 0.4) is 0 Å². The third-order valence-electron chi connectivity index (χ3n) is 11.7. The molecule has 6 aromatic rings. The molecule has 67 heavy (non-hydrogen) atoms. The molecule has 14 heteroatoms. The molecule has 0 fully saturated rings. The molecule has 6 aromatic carbocycles. The first-order chi connectivity index (χ1) is 32.2. The summed E-state index contributed by atoms with van der Waals surface area (Å²) in [6.07, 6.45) is 1.66.